The monoisotopic (exact) mass is 435 g/mol. The minimum Gasteiger partial charge on any atom is -0.481 e. The number of halogens is 2. The number of nitrogens with zero attached hydrogens (tertiary/aromatic N) is 1. The van der Waals surface area contributed by atoms with Crippen LogP contribution in [0.5, 0.6) is 0 Å². The summed E-state index contributed by atoms with van der Waals surface area (Å²) in [4.78, 5) is 26.2. The molecule has 1 amide bonds. The van der Waals surface area contributed by atoms with Crippen molar-refractivity contribution >= 4 is 35.1 Å². The first-order chi connectivity index (χ1) is 13.9. The van der Waals surface area contributed by atoms with Crippen LogP contribution in [0, 0.1) is 0 Å². The average molecular weight is 436 g/mol. The average Bonchev–Trinajstić information content (AvgIpc) is 2.68. The minimum absolute atomic E-state index is 0.306. The predicted octanol–water partition coefficient (Wildman–Crippen LogP) is 5.28. The van der Waals surface area contributed by atoms with E-state index in [1.807, 2.05) is 31.2 Å². The van der Waals surface area contributed by atoms with Crippen LogP contribution in [-0.2, 0) is 14.3 Å². The SMILES string of the molecule is CCCCN1C(=O)[C@@H](CC(=O)O)O[C@H](c2cccc(Cl)c2)[C@@H]1c1ccc(Cl)cc1. The lowest BCUT2D eigenvalue weighted by Crippen LogP contribution is -2.51. The lowest BCUT2D eigenvalue weighted by Gasteiger charge is -2.44. The van der Waals surface area contributed by atoms with E-state index in [0.29, 0.717) is 16.6 Å². The molecule has 1 heterocycles. The Morgan fingerprint density at radius 2 is 1.83 bits per heavy atom. The smallest absolute Gasteiger partial charge is 0.306 e. The number of aliphatic carboxylic acids is 1. The van der Waals surface area contributed by atoms with Crippen LogP contribution in [0.4, 0.5) is 0 Å². The molecule has 3 rings (SSSR count). The van der Waals surface area contributed by atoms with Gasteiger partial charge in [0.1, 0.15) is 12.2 Å². The normalized spacial score (nSPS) is 22.0. The zero-order valence-electron chi connectivity index (χ0n) is 16.1. The summed E-state index contributed by atoms with van der Waals surface area (Å²) in [6.07, 6.45) is -0.265. The maximum atomic E-state index is 13.1. The highest BCUT2D eigenvalue weighted by molar-refractivity contribution is 6.30. The number of hydrogen-bond donors (Lipinski definition) is 1. The maximum Gasteiger partial charge on any atom is 0.306 e. The van der Waals surface area contributed by atoms with Crippen LogP contribution in [0.25, 0.3) is 0 Å². The van der Waals surface area contributed by atoms with Crippen LogP contribution in [0.2, 0.25) is 10.0 Å². The Morgan fingerprint density at radius 1 is 1.10 bits per heavy atom. The number of ether oxygens (including phenoxy) is 1. The Morgan fingerprint density at radius 3 is 2.45 bits per heavy atom. The molecule has 1 N–H and O–H groups in total. The molecular formula is C22H23Cl2NO4. The number of morpholine rings is 1. The lowest BCUT2D eigenvalue weighted by atomic mass is 9.91. The molecule has 7 heteroatoms. The molecular weight excluding hydrogens is 413 g/mol. The van der Waals surface area contributed by atoms with Crippen LogP contribution >= 0.6 is 23.2 Å². The topological polar surface area (TPSA) is 66.8 Å². The van der Waals surface area contributed by atoms with Gasteiger partial charge in [-0.1, -0.05) is 60.8 Å². The van der Waals surface area contributed by atoms with Crippen LogP contribution in [0.15, 0.2) is 48.5 Å². The molecule has 29 heavy (non-hydrogen) atoms. The van der Waals surface area contributed by atoms with Crippen molar-refractivity contribution in [3.8, 4) is 0 Å². The van der Waals surface area contributed by atoms with E-state index in [-0.39, 0.29) is 12.3 Å². The number of carboxylic acid groups (broad SMARTS) is 1. The highest BCUT2D eigenvalue weighted by Gasteiger charge is 2.44. The Kier molecular flexibility index (Phi) is 7.17. The summed E-state index contributed by atoms with van der Waals surface area (Å²) >= 11 is 12.3. The van der Waals surface area contributed by atoms with Gasteiger partial charge in [-0.05, 0) is 41.8 Å². The first-order valence-corrected chi connectivity index (χ1v) is 10.3. The Hall–Kier alpha value is -2.08. The summed E-state index contributed by atoms with van der Waals surface area (Å²) in [6, 6.07) is 14.1. The zero-order valence-corrected chi connectivity index (χ0v) is 17.6. The van der Waals surface area contributed by atoms with E-state index in [1.54, 1.807) is 29.2 Å². The quantitative estimate of drug-likeness (QED) is 0.642. The van der Waals surface area contributed by atoms with Crippen molar-refractivity contribution in [3.05, 3.63) is 69.7 Å². The molecule has 154 valence electrons. The number of carboxylic acids is 1. The number of carbonyl (C=O) groups is 2. The Labute approximate surface area is 180 Å². The van der Waals surface area contributed by atoms with E-state index in [0.717, 1.165) is 24.0 Å². The van der Waals surface area contributed by atoms with E-state index in [4.69, 9.17) is 27.9 Å². The third kappa shape index (κ3) is 5.10. The molecule has 2 aromatic rings. The number of amides is 1. The summed E-state index contributed by atoms with van der Waals surface area (Å²) in [6.45, 7) is 2.56. The van der Waals surface area contributed by atoms with Crippen LogP contribution in [0.3, 0.4) is 0 Å². The number of benzene rings is 2. The van der Waals surface area contributed by atoms with Crippen LogP contribution < -0.4 is 0 Å². The molecule has 3 atom stereocenters. The van der Waals surface area contributed by atoms with Gasteiger partial charge >= 0.3 is 5.97 Å². The molecule has 0 saturated carbocycles. The molecule has 0 aromatic heterocycles. The van der Waals surface area contributed by atoms with Gasteiger partial charge in [-0.25, -0.2) is 0 Å². The van der Waals surface area contributed by atoms with Crippen molar-refractivity contribution < 1.29 is 19.4 Å². The van der Waals surface area contributed by atoms with Gasteiger partial charge in [-0.2, -0.15) is 0 Å². The van der Waals surface area contributed by atoms with Gasteiger partial charge in [0.05, 0.1) is 12.5 Å². The molecule has 5 nitrogen and oxygen atoms in total. The van der Waals surface area contributed by atoms with Gasteiger partial charge in [-0.15, -0.1) is 0 Å². The molecule has 1 aliphatic rings. The molecule has 1 saturated heterocycles. The Balaban J connectivity index is 2.08. The zero-order chi connectivity index (χ0) is 21.0. The van der Waals surface area contributed by atoms with Crippen molar-refractivity contribution in [2.45, 2.75) is 44.4 Å². The second-order valence-electron chi connectivity index (χ2n) is 7.08. The summed E-state index contributed by atoms with van der Waals surface area (Å²) in [5, 5.41) is 10.4. The number of unbranched alkanes of at least 4 members (excludes halogenated alkanes) is 1. The third-order valence-corrected chi connectivity index (χ3v) is 5.48. The number of hydrogen-bond acceptors (Lipinski definition) is 3. The fraction of sp³-hybridized carbons (Fsp3) is 0.364. The van der Waals surface area contributed by atoms with Gasteiger partial charge in [0.2, 0.25) is 0 Å². The standard InChI is InChI=1S/C22H23Cl2NO4/c1-2-3-11-25-20(14-7-9-16(23)10-8-14)21(15-5-4-6-17(24)12-15)29-18(22(25)28)13-19(26)27/h4-10,12,18,20-21H,2-3,11,13H2,1H3,(H,26,27)/t18-,20+,21-/m1/s1. The van der Waals surface area contributed by atoms with Gasteiger partial charge in [-0.3, -0.25) is 9.59 Å². The van der Waals surface area contributed by atoms with Gasteiger partial charge in [0.25, 0.3) is 5.91 Å². The highest BCUT2D eigenvalue weighted by atomic mass is 35.5. The van der Waals surface area contributed by atoms with Crippen molar-refractivity contribution in [1.82, 2.24) is 4.90 Å². The lowest BCUT2D eigenvalue weighted by molar-refractivity contribution is -0.179. The van der Waals surface area contributed by atoms with Gasteiger partial charge in [0.15, 0.2) is 0 Å². The van der Waals surface area contributed by atoms with Gasteiger partial charge < -0.3 is 14.7 Å². The van der Waals surface area contributed by atoms with Crippen molar-refractivity contribution in [2.75, 3.05) is 6.54 Å². The molecule has 0 spiro atoms. The third-order valence-electron chi connectivity index (χ3n) is 4.99. The second kappa shape index (κ2) is 9.61. The maximum absolute atomic E-state index is 13.1. The number of rotatable bonds is 7. The molecule has 0 unspecified atom stereocenters. The summed E-state index contributed by atoms with van der Waals surface area (Å²) in [7, 11) is 0. The summed E-state index contributed by atoms with van der Waals surface area (Å²) < 4.78 is 6.09. The van der Waals surface area contributed by atoms with E-state index < -0.39 is 24.2 Å². The molecule has 0 bridgehead atoms. The van der Waals surface area contributed by atoms with Crippen molar-refractivity contribution in [3.63, 3.8) is 0 Å². The van der Waals surface area contributed by atoms with E-state index in [1.165, 1.54) is 0 Å². The molecule has 0 radical (unpaired) electrons. The molecule has 1 fully saturated rings. The van der Waals surface area contributed by atoms with E-state index in [9.17, 15) is 14.7 Å². The summed E-state index contributed by atoms with van der Waals surface area (Å²) in [5.41, 5.74) is 1.67. The van der Waals surface area contributed by atoms with Crippen molar-refractivity contribution in [1.29, 1.82) is 0 Å². The molecule has 0 aliphatic carbocycles. The fourth-order valence-electron chi connectivity index (χ4n) is 3.63. The first kappa shape index (κ1) is 21.6. The number of carbonyl (C=O) groups excluding carboxylic acids is 1. The molecule has 2 aromatic carbocycles. The summed E-state index contributed by atoms with van der Waals surface area (Å²) in [5.74, 6) is -1.38. The largest absolute Gasteiger partial charge is 0.481 e. The van der Waals surface area contributed by atoms with Gasteiger partial charge in [0, 0.05) is 16.6 Å². The fourth-order valence-corrected chi connectivity index (χ4v) is 3.95. The highest BCUT2D eigenvalue weighted by Crippen LogP contribution is 2.43. The first-order valence-electron chi connectivity index (χ1n) is 9.59. The second-order valence-corrected chi connectivity index (χ2v) is 7.95. The predicted molar refractivity (Wildman–Crippen MR) is 112 cm³/mol. The van der Waals surface area contributed by atoms with Crippen LogP contribution in [-0.4, -0.2) is 34.5 Å². The minimum atomic E-state index is -1.08. The van der Waals surface area contributed by atoms with Crippen LogP contribution in [0.1, 0.15) is 49.5 Å². The van der Waals surface area contributed by atoms with E-state index >= 15 is 0 Å². The van der Waals surface area contributed by atoms with Crippen molar-refractivity contribution in [2.24, 2.45) is 0 Å². The Bertz CT molecular complexity index is 871. The molecule has 1 aliphatic heterocycles. The van der Waals surface area contributed by atoms with E-state index in [2.05, 4.69) is 0 Å².